The van der Waals surface area contributed by atoms with Gasteiger partial charge in [-0.3, -0.25) is 4.79 Å². The molecule has 9 heteroatoms. The van der Waals surface area contributed by atoms with E-state index < -0.39 is 10.3 Å². The van der Waals surface area contributed by atoms with Crippen LogP contribution < -0.4 is 9.32 Å². The molecule has 2 aromatic rings. The first-order valence-corrected chi connectivity index (χ1v) is 9.53. The Balaban J connectivity index is 1.91. The van der Waals surface area contributed by atoms with Gasteiger partial charge in [0, 0.05) is 23.9 Å². The van der Waals surface area contributed by atoms with Gasteiger partial charge in [-0.15, -0.1) is 0 Å². The van der Waals surface area contributed by atoms with Gasteiger partial charge in [-0.2, -0.15) is 18.7 Å². The van der Waals surface area contributed by atoms with E-state index in [4.69, 9.17) is 20.9 Å². The first-order valence-electron chi connectivity index (χ1n) is 7.68. The van der Waals surface area contributed by atoms with Crippen LogP contribution in [0.4, 0.5) is 0 Å². The maximum Gasteiger partial charge on any atom is 0.380 e. The molecular weight excluding hydrogens is 378 g/mol. The summed E-state index contributed by atoms with van der Waals surface area (Å²) in [4.78, 5) is 12.0. The number of nitrogens with zero attached hydrogens (tertiary/aromatic N) is 2. The fourth-order valence-corrected chi connectivity index (χ4v) is 3.28. The average molecular weight is 394 g/mol. The first kappa shape index (κ1) is 18.4. The van der Waals surface area contributed by atoms with Crippen molar-refractivity contribution in [1.29, 1.82) is 0 Å². The highest BCUT2D eigenvalue weighted by atomic mass is 35.5. The van der Waals surface area contributed by atoms with E-state index >= 15 is 0 Å². The molecule has 1 unspecified atom stereocenters. The van der Waals surface area contributed by atoms with Crippen LogP contribution in [0.2, 0.25) is 5.02 Å². The van der Waals surface area contributed by atoms with Gasteiger partial charge in [0.25, 0.3) is 0 Å². The average Bonchev–Trinajstić information content (AvgIpc) is 3.00. The van der Waals surface area contributed by atoms with Crippen molar-refractivity contribution in [3.63, 3.8) is 0 Å². The summed E-state index contributed by atoms with van der Waals surface area (Å²) in [6, 6.07) is 13.3. The molecule has 1 heterocycles. The summed E-state index contributed by atoms with van der Waals surface area (Å²) in [5.74, 6) is -0.117. The minimum Gasteiger partial charge on any atom is -0.371 e. The first-order chi connectivity index (χ1) is 12.2. The monoisotopic (exact) mass is 393 g/mol. The van der Waals surface area contributed by atoms with Gasteiger partial charge in [-0.25, -0.2) is 5.01 Å². The van der Waals surface area contributed by atoms with Crippen LogP contribution in [0, 0.1) is 0 Å². The smallest absolute Gasteiger partial charge is 0.371 e. The van der Waals surface area contributed by atoms with Gasteiger partial charge in [0.15, 0.2) is 0 Å². The largest absolute Gasteiger partial charge is 0.380 e. The van der Waals surface area contributed by atoms with E-state index in [9.17, 15) is 13.2 Å². The topological polar surface area (TPSA) is 102 Å². The third-order valence-electron chi connectivity index (χ3n) is 3.87. The number of amides is 1. The second-order valence-corrected chi connectivity index (χ2v) is 7.37. The van der Waals surface area contributed by atoms with E-state index in [-0.39, 0.29) is 17.7 Å². The highest BCUT2D eigenvalue weighted by Crippen LogP contribution is 2.33. The molecule has 2 N–H and O–H groups in total. The third-order valence-corrected chi connectivity index (χ3v) is 4.54. The zero-order valence-corrected chi connectivity index (χ0v) is 15.4. The van der Waals surface area contributed by atoms with E-state index in [0.717, 1.165) is 5.56 Å². The molecule has 0 spiro atoms. The second kappa shape index (κ2) is 7.06. The van der Waals surface area contributed by atoms with Gasteiger partial charge in [0.05, 0.1) is 11.8 Å². The number of hydrogen-bond donors (Lipinski definition) is 1. The Morgan fingerprint density at radius 3 is 2.58 bits per heavy atom. The van der Waals surface area contributed by atoms with E-state index in [1.807, 2.05) is 12.1 Å². The Morgan fingerprint density at radius 2 is 1.96 bits per heavy atom. The summed E-state index contributed by atoms with van der Waals surface area (Å²) in [5.41, 5.74) is 2.19. The number of hydrogen-bond acceptors (Lipinski definition) is 5. The number of nitrogens with two attached hydrogens (primary N) is 1. The van der Waals surface area contributed by atoms with E-state index in [1.54, 1.807) is 24.3 Å². The molecule has 1 amide bonds. The van der Waals surface area contributed by atoms with Crippen molar-refractivity contribution >= 4 is 33.5 Å². The molecule has 1 aliphatic heterocycles. The quantitative estimate of drug-likeness (QED) is 0.862. The SMILES string of the molecule is CC(=O)N1N=C(c2cccc(OS(N)(=O)=O)c2)CC1c1ccc(Cl)cc1. The molecule has 0 bridgehead atoms. The molecule has 2 aromatic carbocycles. The number of carbonyl (C=O) groups excluding carboxylic acids is 1. The fourth-order valence-electron chi connectivity index (χ4n) is 2.78. The molecule has 0 saturated carbocycles. The minimum absolute atomic E-state index is 0.0806. The molecule has 7 nitrogen and oxygen atoms in total. The van der Waals surface area contributed by atoms with Crippen LogP contribution in [0.3, 0.4) is 0 Å². The zero-order valence-electron chi connectivity index (χ0n) is 13.8. The Bertz CT molecular complexity index is 974. The van der Waals surface area contributed by atoms with Gasteiger partial charge < -0.3 is 4.18 Å². The van der Waals surface area contributed by atoms with Crippen molar-refractivity contribution < 1.29 is 17.4 Å². The highest BCUT2D eigenvalue weighted by molar-refractivity contribution is 7.84. The lowest BCUT2D eigenvalue weighted by Crippen LogP contribution is -2.24. The fraction of sp³-hybridized carbons (Fsp3) is 0.176. The lowest BCUT2D eigenvalue weighted by Gasteiger charge is -2.20. The minimum atomic E-state index is -4.12. The van der Waals surface area contributed by atoms with Crippen molar-refractivity contribution in [2.75, 3.05) is 0 Å². The lowest BCUT2D eigenvalue weighted by atomic mass is 9.98. The van der Waals surface area contributed by atoms with Gasteiger partial charge in [0.2, 0.25) is 5.91 Å². The third kappa shape index (κ3) is 4.21. The Hall–Kier alpha value is -2.42. The van der Waals surface area contributed by atoms with Gasteiger partial charge in [-0.05, 0) is 29.8 Å². The van der Waals surface area contributed by atoms with Crippen LogP contribution in [0.5, 0.6) is 5.75 Å². The molecule has 0 saturated heterocycles. The Labute approximate surface area is 156 Å². The molecule has 1 aliphatic rings. The summed E-state index contributed by atoms with van der Waals surface area (Å²) < 4.78 is 26.9. The molecule has 0 aromatic heterocycles. The van der Waals surface area contributed by atoms with Crippen molar-refractivity contribution in [3.8, 4) is 5.75 Å². The van der Waals surface area contributed by atoms with Crippen LogP contribution in [0.25, 0.3) is 0 Å². The van der Waals surface area contributed by atoms with Crippen molar-refractivity contribution in [1.82, 2.24) is 5.01 Å². The Morgan fingerprint density at radius 1 is 1.27 bits per heavy atom. The number of halogens is 1. The van der Waals surface area contributed by atoms with E-state index in [0.29, 0.717) is 22.7 Å². The molecule has 136 valence electrons. The van der Waals surface area contributed by atoms with Crippen molar-refractivity contribution in [2.24, 2.45) is 10.2 Å². The second-order valence-electron chi connectivity index (χ2n) is 5.79. The van der Waals surface area contributed by atoms with Crippen LogP contribution in [0.15, 0.2) is 53.6 Å². The summed E-state index contributed by atoms with van der Waals surface area (Å²) >= 11 is 5.93. The van der Waals surface area contributed by atoms with Crippen LogP contribution >= 0.6 is 11.6 Å². The zero-order chi connectivity index (χ0) is 18.9. The highest BCUT2D eigenvalue weighted by Gasteiger charge is 2.31. The van der Waals surface area contributed by atoms with Gasteiger partial charge in [0.1, 0.15) is 5.75 Å². The predicted molar refractivity (Wildman–Crippen MR) is 98.0 cm³/mol. The van der Waals surface area contributed by atoms with E-state index in [1.165, 1.54) is 24.1 Å². The maximum absolute atomic E-state index is 12.0. The maximum atomic E-state index is 12.0. The normalized spacial score (nSPS) is 17.1. The van der Waals surface area contributed by atoms with Crippen LogP contribution in [-0.2, 0) is 15.1 Å². The van der Waals surface area contributed by atoms with E-state index in [2.05, 4.69) is 5.10 Å². The number of carbonyl (C=O) groups is 1. The molecule has 3 rings (SSSR count). The number of benzene rings is 2. The predicted octanol–water partition coefficient (Wildman–Crippen LogP) is 2.62. The van der Waals surface area contributed by atoms with Crippen molar-refractivity contribution in [3.05, 3.63) is 64.7 Å². The summed E-state index contributed by atoms with van der Waals surface area (Å²) in [5, 5.41) is 11.3. The lowest BCUT2D eigenvalue weighted by molar-refractivity contribution is -0.130. The molecule has 0 radical (unpaired) electrons. The van der Waals surface area contributed by atoms with Crippen molar-refractivity contribution in [2.45, 2.75) is 19.4 Å². The molecule has 1 atom stereocenters. The van der Waals surface area contributed by atoms with Gasteiger partial charge >= 0.3 is 10.3 Å². The van der Waals surface area contributed by atoms with Crippen LogP contribution in [-0.4, -0.2) is 25.0 Å². The Kier molecular flexibility index (Phi) is 4.99. The standard InChI is InChI=1S/C17H16ClN3O4S/c1-11(22)21-17(12-5-7-14(18)8-6-12)10-16(20-21)13-3-2-4-15(9-13)25-26(19,23)24/h2-9,17H,10H2,1H3,(H2,19,23,24). The van der Waals surface area contributed by atoms with Gasteiger partial charge in [-0.1, -0.05) is 35.9 Å². The summed E-state index contributed by atoms with van der Waals surface area (Å²) in [6.07, 6.45) is 0.472. The van der Waals surface area contributed by atoms with Crippen LogP contribution in [0.1, 0.15) is 30.5 Å². The molecule has 0 fully saturated rings. The summed E-state index contributed by atoms with van der Waals surface area (Å²) in [6.45, 7) is 1.44. The molecule has 0 aliphatic carbocycles. The molecule has 26 heavy (non-hydrogen) atoms. The molecular formula is C17H16ClN3O4S. The number of rotatable bonds is 4. The summed E-state index contributed by atoms with van der Waals surface area (Å²) in [7, 11) is -4.12. The number of hydrazone groups is 1.